The molecule has 1 fully saturated rings. The summed E-state index contributed by atoms with van der Waals surface area (Å²) in [5.41, 5.74) is 4.82. The molecule has 4 heterocycles. The van der Waals surface area contributed by atoms with Crippen LogP contribution in [0.25, 0.3) is 33.4 Å². The van der Waals surface area contributed by atoms with E-state index in [4.69, 9.17) is 32.9 Å². The SMILES string of the molecule is Cc1cccc(-c2ccc(-c3cc4cnc(NC5CCOCC5)nc4n(Cc4ccccc4Cl)c3=O)c(Cl)c2)n1. The van der Waals surface area contributed by atoms with Gasteiger partial charge >= 0.3 is 0 Å². The molecule has 0 amide bonds. The van der Waals surface area contributed by atoms with Crippen molar-refractivity contribution in [2.45, 2.75) is 32.4 Å². The minimum atomic E-state index is -0.216. The molecular weight excluding hydrogens is 545 g/mol. The molecule has 0 aliphatic carbocycles. The number of nitrogens with one attached hydrogen (secondary N) is 1. The van der Waals surface area contributed by atoms with Gasteiger partial charge in [-0.3, -0.25) is 14.3 Å². The van der Waals surface area contributed by atoms with Crippen LogP contribution in [-0.4, -0.2) is 38.8 Å². The number of aromatic nitrogens is 4. The summed E-state index contributed by atoms with van der Waals surface area (Å²) in [5.74, 6) is 0.479. The van der Waals surface area contributed by atoms with Gasteiger partial charge in [-0.1, -0.05) is 59.6 Å². The Bertz CT molecular complexity index is 1770. The van der Waals surface area contributed by atoms with Gasteiger partial charge in [0.15, 0.2) is 0 Å². The Labute approximate surface area is 241 Å². The Hall–Kier alpha value is -3.78. The maximum Gasteiger partial charge on any atom is 0.260 e. The number of ether oxygens (including phenoxy) is 1. The zero-order valence-corrected chi connectivity index (χ0v) is 23.4. The van der Waals surface area contributed by atoms with Crippen LogP contribution < -0.4 is 10.9 Å². The first-order chi connectivity index (χ1) is 19.5. The van der Waals surface area contributed by atoms with Gasteiger partial charge in [0.05, 0.1) is 12.2 Å². The molecule has 40 heavy (non-hydrogen) atoms. The lowest BCUT2D eigenvalue weighted by Crippen LogP contribution is -2.29. The van der Waals surface area contributed by atoms with Crippen molar-refractivity contribution in [3.8, 4) is 22.4 Å². The molecule has 5 aromatic rings. The average Bonchev–Trinajstić information content (AvgIpc) is 2.96. The monoisotopic (exact) mass is 571 g/mol. The highest BCUT2D eigenvalue weighted by Gasteiger charge is 2.19. The molecule has 9 heteroatoms. The number of anilines is 1. The molecule has 2 aromatic carbocycles. The van der Waals surface area contributed by atoms with Crippen LogP contribution in [0.1, 0.15) is 24.1 Å². The van der Waals surface area contributed by atoms with Crippen LogP contribution in [0.15, 0.2) is 77.7 Å². The third-order valence-corrected chi connectivity index (χ3v) is 7.79. The quantitative estimate of drug-likeness (QED) is 0.242. The lowest BCUT2D eigenvalue weighted by Gasteiger charge is -2.23. The fraction of sp³-hybridized carbons (Fsp3) is 0.226. The zero-order valence-electron chi connectivity index (χ0n) is 21.9. The largest absolute Gasteiger partial charge is 0.381 e. The number of rotatable bonds is 6. The van der Waals surface area contributed by atoms with Crippen molar-refractivity contribution in [1.29, 1.82) is 0 Å². The fourth-order valence-electron chi connectivity index (χ4n) is 4.99. The van der Waals surface area contributed by atoms with Crippen LogP contribution in [-0.2, 0) is 11.3 Å². The molecule has 0 radical (unpaired) electrons. The van der Waals surface area contributed by atoms with Gasteiger partial charge in [0.25, 0.3) is 5.56 Å². The molecule has 3 aromatic heterocycles. The number of pyridine rings is 2. The van der Waals surface area contributed by atoms with Crippen molar-refractivity contribution < 1.29 is 4.74 Å². The smallest absolute Gasteiger partial charge is 0.260 e. The van der Waals surface area contributed by atoms with Crippen molar-refractivity contribution in [3.05, 3.63) is 105 Å². The van der Waals surface area contributed by atoms with Crippen molar-refractivity contribution in [2.24, 2.45) is 0 Å². The number of halogens is 2. The average molecular weight is 572 g/mol. The molecule has 0 spiro atoms. The predicted octanol–water partition coefficient (Wildman–Crippen LogP) is 6.77. The summed E-state index contributed by atoms with van der Waals surface area (Å²) in [4.78, 5) is 28.1. The minimum absolute atomic E-state index is 0.216. The van der Waals surface area contributed by atoms with E-state index in [0.717, 1.165) is 40.7 Å². The van der Waals surface area contributed by atoms with Gasteiger partial charge in [-0.2, -0.15) is 4.98 Å². The summed E-state index contributed by atoms with van der Waals surface area (Å²) >= 11 is 13.3. The third kappa shape index (κ3) is 5.45. The van der Waals surface area contributed by atoms with Crippen LogP contribution in [0.2, 0.25) is 10.0 Å². The number of nitrogens with zero attached hydrogens (tertiary/aromatic N) is 4. The van der Waals surface area contributed by atoms with E-state index in [1.165, 1.54) is 0 Å². The lowest BCUT2D eigenvalue weighted by molar-refractivity contribution is 0.0903. The van der Waals surface area contributed by atoms with E-state index in [2.05, 4.69) is 15.3 Å². The topological polar surface area (TPSA) is 81.9 Å². The Morgan fingerprint density at radius 3 is 2.55 bits per heavy atom. The number of aryl methyl sites for hydroxylation is 1. The molecule has 1 N–H and O–H groups in total. The summed E-state index contributed by atoms with van der Waals surface area (Å²) in [6.45, 7) is 3.60. The highest BCUT2D eigenvalue weighted by Crippen LogP contribution is 2.32. The molecule has 6 rings (SSSR count). The predicted molar refractivity (Wildman–Crippen MR) is 160 cm³/mol. The van der Waals surface area contributed by atoms with Crippen LogP contribution in [0, 0.1) is 6.92 Å². The Kier molecular flexibility index (Phi) is 7.52. The second kappa shape index (κ2) is 11.4. The van der Waals surface area contributed by atoms with Crippen molar-refractivity contribution in [2.75, 3.05) is 18.5 Å². The van der Waals surface area contributed by atoms with Crippen LogP contribution in [0.5, 0.6) is 0 Å². The molecule has 1 saturated heterocycles. The van der Waals surface area contributed by atoms with Gasteiger partial charge < -0.3 is 10.1 Å². The number of benzene rings is 2. The molecule has 7 nitrogen and oxygen atoms in total. The number of fused-ring (bicyclic) bond motifs is 1. The van der Waals surface area contributed by atoms with Crippen molar-refractivity contribution in [1.82, 2.24) is 19.5 Å². The van der Waals surface area contributed by atoms with Gasteiger partial charge in [-0.15, -0.1) is 0 Å². The van der Waals surface area contributed by atoms with Crippen molar-refractivity contribution in [3.63, 3.8) is 0 Å². The molecule has 1 aliphatic rings. The first kappa shape index (κ1) is 26.4. The van der Waals surface area contributed by atoms with Gasteiger partial charge in [0, 0.05) is 63.3 Å². The van der Waals surface area contributed by atoms with Gasteiger partial charge in [-0.05, 0) is 55.7 Å². The minimum Gasteiger partial charge on any atom is -0.381 e. The summed E-state index contributed by atoms with van der Waals surface area (Å²) < 4.78 is 7.12. The van der Waals surface area contributed by atoms with Gasteiger partial charge in [-0.25, -0.2) is 4.98 Å². The Balaban J connectivity index is 1.46. The number of hydrogen-bond donors (Lipinski definition) is 1. The van der Waals surface area contributed by atoms with Crippen molar-refractivity contribution >= 4 is 40.2 Å². The molecule has 0 unspecified atom stereocenters. The second-order valence-electron chi connectivity index (χ2n) is 9.90. The maximum absolute atomic E-state index is 14.1. The van der Waals surface area contributed by atoms with E-state index in [1.54, 1.807) is 10.8 Å². The van der Waals surface area contributed by atoms with E-state index in [0.29, 0.717) is 46.0 Å². The second-order valence-corrected chi connectivity index (χ2v) is 10.7. The summed E-state index contributed by atoms with van der Waals surface area (Å²) in [6.07, 6.45) is 3.49. The Morgan fingerprint density at radius 2 is 1.77 bits per heavy atom. The van der Waals surface area contributed by atoms with Crippen LogP contribution >= 0.6 is 23.2 Å². The fourth-order valence-corrected chi connectivity index (χ4v) is 5.46. The van der Waals surface area contributed by atoms with E-state index in [9.17, 15) is 4.79 Å². The molecule has 0 saturated carbocycles. The van der Waals surface area contributed by atoms with Crippen LogP contribution in [0.3, 0.4) is 0 Å². The summed E-state index contributed by atoms with van der Waals surface area (Å²) in [6, 6.07) is 21.0. The molecule has 1 aliphatic heterocycles. The van der Waals surface area contributed by atoms with Gasteiger partial charge in [0.1, 0.15) is 5.65 Å². The lowest BCUT2D eigenvalue weighted by atomic mass is 10.0. The van der Waals surface area contributed by atoms with Gasteiger partial charge in [0.2, 0.25) is 5.95 Å². The molecule has 0 bridgehead atoms. The zero-order chi connectivity index (χ0) is 27.6. The molecule has 0 atom stereocenters. The van der Waals surface area contributed by atoms with Crippen LogP contribution in [0.4, 0.5) is 5.95 Å². The maximum atomic E-state index is 14.1. The number of hydrogen-bond acceptors (Lipinski definition) is 6. The highest BCUT2D eigenvalue weighted by molar-refractivity contribution is 6.33. The van der Waals surface area contributed by atoms with E-state index in [-0.39, 0.29) is 18.1 Å². The molecule has 202 valence electrons. The van der Waals surface area contributed by atoms with E-state index >= 15 is 0 Å². The third-order valence-electron chi connectivity index (χ3n) is 7.11. The Morgan fingerprint density at radius 1 is 0.950 bits per heavy atom. The normalized spacial score (nSPS) is 14.0. The standard InChI is InChI=1S/C31H27Cl2N5O2/c1-19-5-4-8-28(35-19)20-9-10-24(27(33)16-20)25-15-22-17-34-31(36-23-11-13-40-14-12-23)37-29(22)38(30(25)39)18-21-6-2-3-7-26(21)32/h2-10,15-17,23H,11-14,18H2,1H3,(H,34,36,37). The van der Waals surface area contributed by atoms with E-state index < -0.39 is 0 Å². The molecular formula is C31H27Cl2N5O2. The highest BCUT2D eigenvalue weighted by atomic mass is 35.5. The first-order valence-electron chi connectivity index (χ1n) is 13.2. The first-order valence-corrected chi connectivity index (χ1v) is 13.9. The van der Waals surface area contributed by atoms with E-state index in [1.807, 2.05) is 73.7 Å². The summed E-state index contributed by atoms with van der Waals surface area (Å²) in [5, 5.41) is 5.17. The summed E-state index contributed by atoms with van der Waals surface area (Å²) in [7, 11) is 0.